The maximum absolute atomic E-state index is 13.1. The summed E-state index contributed by atoms with van der Waals surface area (Å²) in [5.41, 5.74) is 2.85. The van der Waals surface area contributed by atoms with Crippen LogP contribution in [0.5, 0.6) is 0 Å². The topological polar surface area (TPSA) is 51.2 Å². The van der Waals surface area contributed by atoms with Crippen LogP contribution < -0.4 is 11.3 Å². The van der Waals surface area contributed by atoms with Gasteiger partial charge in [-0.05, 0) is 36.8 Å². The van der Waals surface area contributed by atoms with Crippen LogP contribution in [0.25, 0.3) is 0 Å². The number of hydrogen-bond acceptors (Lipinski definition) is 3. The normalized spacial score (nSPS) is 12.7. The highest BCUT2D eigenvalue weighted by atomic mass is 19.1. The van der Waals surface area contributed by atoms with E-state index in [2.05, 4.69) is 5.43 Å². The fourth-order valence-electron chi connectivity index (χ4n) is 1.69. The van der Waals surface area contributed by atoms with Gasteiger partial charge in [-0.25, -0.2) is 14.2 Å². The zero-order valence-corrected chi connectivity index (χ0v) is 9.21. The summed E-state index contributed by atoms with van der Waals surface area (Å²) in [4.78, 5) is 0. The third-order valence-electron chi connectivity index (χ3n) is 2.43. The summed E-state index contributed by atoms with van der Waals surface area (Å²) < 4.78 is 31.6. The van der Waals surface area contributed by atoms with E-state index in [0.29, 0.717) is 17.1 Å². The van der Waals surface area contributed by atoms with Gasteiger partial charge in [-0.3, -0.25) is 5.84 Å². The van der Waals surface area contributed by atoms with Crippen molar-refractivity contribution in [2.45, 2.75) is 13.0 Å². The Balaban J connectivity index is 2.41. The molecule has 0 aliphatic heterocycles. The van der Waals surface area contributed by atoms with E-state index >= 15 is 0 Å². The lowest BCUT2D eigenvalue weighted by atomic mass is 10.1. The summed E-state index contributed by atoms with van der Waals surface area (Å²) in [6.07, 6.45) is 0. The maximum Gasteiger partial charge on any atom is 0.126 e. The molecule has 1 heterocycles. The van der Waals surface area contributed by atoms with E-state index in [1.54, 1.807) is 19.1 Å². The van der Waals surface area contributed by atoms with Crippen molar-refractivity contribution in [1.29, 1.82) is 0 Å². The molecule has 0 saturated heterocycles. The molecule has 5 heteroatoms. The molecule has 2 rings (SSSR count). The van der Waals surface area contributed by atoms with Crippen LogP contribution in [0.15, 0.2) is 34.7 Å². The Bertz CT molecular complexity index is 505. The lowest BCUT2D eigenvalue weighted by Crippen LogP contribution is -2.28. The SMILES string of the molecule is Cc1ccc(C(NN)c2cc(F)cc(F)c2)o1. The zero-order chi connectivity index (χ0) is 12.4. The Morgan fingerprint density at radius 1 is 1.18 bits per heavy atom. The molecule has 0 aliphatic rings. The van der Waals surface area contributed by atoms with Gasteiger partial charge in [0.2, 0.25) is 0 Å². The van der Waals surface area contributed by atoms with Crippen LogP contribution in [0.3, 0.4) is 0 Å². The smallest absolute Gasteiger partial charge is 0.126 e. The molecule has 3 N–H and O–H groups in total. The van der Waals surface area contributed by atoms with Crippen molar-refractivity contribution in [3.63, 3.8) is 0 Å². The average molecular weight is 238 g/mol. The minimum absolute atomic E-state index is 0.374. The van der Waals surface area contributed by atoms with E-state index in [1.165, 1.54) is 12.1 Å². The Morgan fingerprint density at radius 3 is 2.29 bits per heavy atom. The number of rotatable bonds is 3. The number of aryl methyl sites for hydroxylation is 1. The van der Waals surface area contributed by atoms with Crippen LogP contribution in [0.2, 0.25) is 0 Å². The highest BCUT2D eigenvalue weighted by molar-refractivity contribution is 5.28. The van der Waals surface area contributed by atoms with Crippen molar-refractivity contribution in [3.05, 3.63) is 59.1 Å². The van der Waals surface area contributed by atoms with Gasteiger partial charge in [0.05, 0.1) is 0 Å². The van der Waals surface area contributed by atoms with Gasteiger partial charge in [-0.2, -0.15) is 0 Å². The molecule has 0 fully saturated rings. The number of furan rings is 1. The van der Waals surface area contributed by atoms with E-state index in [-0.39, 0.29) is 0 Å². The number of benzene rings is 1. The van der Waals surface area contributed by atoms with E-state index in [0.717, 1.165) is 6.07 Å². The second-order valence-electron chi connectivity index (χ2n) is 3.75. The van der Waals surface area contributed by atoms with Gasteiger partial charge in [0.15, 0.2) is 0 Å². The minimum Gasteiger partial charge on any atom is -0.464 e. The molecular weight excluding hydrogens is 226 g/mol. The van der Waals surface area contributed by atoms with Gasteiger partial charge in [-0.1, -0.05) is 0 Å². The van der Waals surface area contributed by atoms with Crippen molar-refractivity contribution in [3.8, 4) is 0 Å². The maximum atomic E-state index is 13.1. The van der Waals surface area contributed by atoms with Crippen LogP contribution in [-0.2, 0) is 0 Å². The highest BCUT2D eigenvalue weighted by Crippen LogP contribution is 2.24. The van der Waals surface area contributed by atoms with Gasteiger partial charge >= 0.3 is 0 Å². The van der Waals surface area contributed by atoms with Crippen LogP contribution in [0, 0.1) is 18.6 Å². The molecule has 0 saturated carbocycles. The molecule has 3 nitrogen and oxygen atoms in total. The Kier molecular flexibility index (Phi) is 3.21. The number of nitrogens with two attached hydrogens (primary N) is 1. The second kappa shape index (κ2) is 4.65. The van der Waals surface area contributed by atoms with E-state index in [1.807, 2.05) is 0 Å². The summed E-state index contributed by atoms with van der Waals surface area (Å²) in [6.45, 7) is 1.78. The third-order valence-corrected chi connectivity index (χ3v) is 2.43. The van der Waals surface area contributed by atoms with E-state index < -0.39 is 17.7 Å². The van der Waals surface area contributed by atoms with Crippen LogP contribution >= 0.6 is 0 Å². The summed E-state index contributed by atoms with van der Waals surface area (Å²) in [6, 6.07) is 6.13. The first-order chi connectivity index (χ1) is 8.10. The van der Waals surface area contributed by atoms with E-state index in [4.69, 9.17) is 10.3 Å². The molecule has 1 aromatic carbocycles. The van der Waals surface area contributed by atoms with Crippen molar-refractivity contribution >= 4 is 0 Å². The Labute approximate surface area is 97.2 Å². The Morgan fingerprint density at radius 2 is 1.82 bits per heavy atom. The standard InChI is InChI=1S/C12H12F2N2O/c1-7-2-3-11(17-7)12(16-15)8-4-9(13)6-10(14)5-8/h2-6,12,16H,15H2,1H3. The molecule has 1 unspecified atom stereocenters. The van der Waals surface area contributed by atoms with Crippen LogP contribution in [0.1, 0.15) is 23.1 Å². The van der Waals surface area contributed by atoms with Gasteiger partial charge < -0.3 is 4.42 Å². The molecule has 1 aromatic heterocycles. The molecule has 2 aromatic rings. The minimum atomic E-state index is -0.650. The largest absolute Gasteiger partial charge is 0.464 e. The average Bonchev–Trinajstić information content (AvgIpc) is 2.64. The van der Waals surface area contributed by atoms with Crippen LogP contribution in [-0.4, -0.2) is 0 Å². The van der Waals surface area contributed by atoms with Crippen molar-refractivity contribution < 1.29 is 13.2 Å². The van der Waals surface area contributed by atoms with Crippen molar-refractivity contribution in [2.75, 3.05) is 0 Å². The monoisotopic (exact) mass is 238 g/mol. The first kappa shape index (κ1) is 11.8. The summed E-state index contributed by atoms with van der Waals surface area (Å²) in [5.74, 6) is 5.31. The Hall–Kier alpha value is -1.72. The first-order valence-corrected chi connectivity index (χ1v) is 5.08. The van der Waals surface area contributed by atoms with Gasteiger partial charge in [0, 0.05) is 6.07 Å². The summed E-state index contributed by atoms with van der Waals surface area (Å²) >= 11 is 0. The molecule has 17 heavy (non-hydrogen) atoms. The quantitative estimate of drug-likeness (QED) is 0.637. The molecule has 0 radical (unpaired) electrons. The molecule has 0 amide bonds. The van der Waals surface area contributed by atoms with Gasteiger partial charge in [0.1, 0.15) is 29.2 Å². The number of hydrazine groups is 1. The highest BCUT2D eigenvalue weighted by Gasteiger charge is 2.17. The zero-order valence-electron chi connectivity index (χ0n) is 9.21. The molecule has 0 spiro atoms. The fourth-order valence-corrected chi connectivity index (χ4v) is 1.69. The molecule has 90 valence electrons. The van der Waals surface area contributed by atoms with Crippen LogP contribution in [0.4, 0.5) is 8.78 Å². The molecule has 1 atom stereocenters. The molecule has 0 bridgehead atoms. The van der Waals surface area contributed by atoms with Gasteiger partial charge in [-0.15, -0.1) is 0 Å². The first-order valence-electron chi connectivity index (χ1n) is 5.08. The van der Waals surface area contributed by atoms with Gasteiger partial charge in [0.25, 0.3) is 0 Å². The predicted molar refractivity (Wildman–Crippen MR) is 59.0 cm³/mol. The van der Waals surface area contributed by atoms with Crippen molar-refractivity contribution in [1.82, 2.24) is 5.43 Å². The third kappa shape index (κ3) is 2.51. The predicted octanol–water partition coefficient (Wildman–Crippen LogP) is 2.42. The molecular formula is C12H12F2N2O. The summed E-state index contributed by atoms with van der Waals surface area (Å²) in [5, 5.41) is 0. The molecule has 0 aliphatic carbocycles. The number of nitrogens with one attached hydrogen (secondary N) is 1. The second-order valence-corrected chi connectivity index (χ2v) is 3.75. The lowest BCUT2D eigenvalue weighted by Gasteiger charge is -2.14. The summed E-state index contributed by atoms with van der Waals surface area (Å²) in [7, 11) is 0. The number of halogens is 2. The number of hydrogen-bond donors (Lipinski definition) is 2. The fraction of sp³-hybridized carbons (Fsp3) is 0.167. The lowest BCUT2D eigenvalue weighted by molar-refractivity contribution is 0.432. The van der Waals surface area contributed by atoms with Crippen molar-refractivity contribution in [2.24, 2.45) is 5.84 Å². The van der Waals surface area contributed by atoms with E-state index in [9.17, 15) is 8.78 Å².